The predicted octanol–water partition coefficient (Wildman–Crippen LogP) is 4.76. The number of halogens is 1. The molecule has 2 aromatic carbocycles. The van der Waals surface area contributed by atoms with Crippen LogP contribution in [0.4, 0.5) is 0 Å². The molecule has 0 atom stereocenters. The van der Waals surface area contributed by atoms with Crippen LogP contribution in [0, 0.1) is 6.92 Å². The molecule has 4 aromatic rings. The summed E-state index contributed by atoms with van der Waals surface area (Å²) in [5.74, 6) is 0.714. The zero-order chi connectivity index (χ0) is 18.8. The van der Waals surface area contributed by atoms with Gasteiger partial charge in [-0.1, -0.05) is 29.8 Å². The molecule has 0 spiro atoms. The second-order valence-electron chi connectivity index (χ2n) is 6.30. The summed E-state index contributed by atoms with van der Waals surface area (Å²) < 4.78 is 5.65. The molecule has 0 aliphatic carbocycles. The van der Waals surface area contributed by atoms with Gasteiger partial charge in [0.25, 0.3) is 5.91 Å². The Labute approximate surface area is 161 Å². The summed E-state index contributed by atoms with van der Waals surface area (Å²) in [5, 5.41) is 4.68. The number of amides is 1. The van der Waals surface area contributed by atoms with E-state index in [0.717, 1.165) is 22.0 Å². The number of fused-ring (bicyclic) bond motifs is 1. The minimum Gasteiger partial charge on any atom is -0.441 e. The first kappa shape index (κ1) is 17.4. The van der Waals surface area contributed by atoms with Crippen molar-refractivity contribution in [2.75, 3.05) is 6.54 Å². The van der Waals surface area contributed by atoms with Gasteiger partial charge in [-0.15, -0.1) is 0 Å². The standard InChI is InChI=1S/C21H18ClN3O2/c1-13-19(25-21(27-13)14-5-3-2-4-6-14)20(26)23-10-9-15-12-24-18-8-7-16(22)11-17(15)18/h2-8,11-12,24H,9-10H2,1H3,(H,23,26). The maximum atomic E-state index is 12.5. The Morgan fingerprint density at radius 1 is 1.22 bits per heavy atom. The number of H-pyrrole nitrogens is 1. The molecule has 136 valence electrons. The SMILES string of the molecule is Cc1oc(-c2ccccc2)nc1C(=O)NCCc1c[nH]c2ccc(Cl)cc12. The number of rotatable bonds is 5. The van der Waals surface area contributed by atoms with Gasteiger partial charge in [-0.05, 0) is 49.2 Å². The van der Waals surface area contributed by atoms with Crippen molar-refractivity contribution in [2.24, 2.45) is 0 Å². The summed E-state index contributed by atoms with van der Waals surface area (Å²) in [6.07, 6.45) is 2.64. The summed E-state index contributed by atoms with van der Waals surface area (Å²) in [5.41, 5.74) is 3.29. The molecular weight excluding hydrogens is 362 g/mol. The average molecular weight is 380 g/mol. The molecule has 6 heteroatoms. The molecule has 0 bridgehead atoms. The van der Waals surface area contributed by atoms with Gasteiger partial charge in [-0.25, -0.2) is 4.98 Å². The van der Waals surface area contributed by atoms with E-state index in [1.165, 1.54) is 0 Å². The van der Waals surface area contributed by atoms with E-state index in [-0.39, 0.29) is 5.91 Å². The van der Waals surface area contributed by atoms with Crippen molar-refractivity contribution in [1.82, 2.24) is 15.3 Å². The molecule has 2 aromatic heterocycles. The molecule has 1 amide bonds. The molecule has 0 unspecified atom stereocenters. The van der Waals surface area contributed by atoms with E-state index in [2.05, 4.69) is 15.3 Å². The van der Waals surface area contributed by atoms with Crippen molar-refractivity contribution in [1.29, 1.82) is 0 Å². The highest BCUT2D eigenvalue weighted by molar-refractivity contribution is 6.31. The number of carbonyl (C=O) groups excluding carboxylic acids is 1. The number of nitrogens with one attached hydrogen (secondary N) is 2. The second kappa shape index (κ2) is 7.29. The highest BCUT2D eigenvalue weighted by Gasteiger charge is 2.17. The normalized spacial score (nSPS) is 11.0. The number of aromatic amines is 1. The van der Waals surface area contributed by atoms with Crippen LogP contribution < -0.4 is 5.32 Å². The van der Waals surface area contributed by atoms with Gasteiger partial charge in [0, 0.05) is 34.2 Å². The predicted molar refractivity (Wildman–Crippen MR) is 106 cm³/mol. The lowest BCUT2D eigenvalue weighted by Crippen LogP contribution is -2.26. The summed E-state index contributed by atoms with van der Waals surface area (Å²) in [6, 6.07) is 15.3. The molecule has 4 rings (SSSR count). The van der Waals surface area contributed by atoms with Crippen LogP contribution >= 0.6 is 11.6 Å². The minimum absolute atomic E-state index is 0.240. The highest BCUT2D eigenvalue weighted by atomic mass is 35.5. The quantitative estimate of drug-likeness (QED) is 0.525. The number of nitrogens with zero attached hydrogens (tertiary/aromatic N) is 1. The third-order valence-corrected chi connectivity index (χ3v) is 4.68. The summed E-state index contributed by atoms with van der Waals surface area (Å²) >= 11 is 6.08. The van der Waals surface area contributed by atoms with Gasteiger partial charge in [0.2, 0.25) is 5.89 Å². The molecule has 0 radical (unpaired) electrons. The zero-order valence-corrected chi connectivity index (χ0v) is 15.5. The van der Waals surface area contributed by atoms with Crippen LogP contribution in [0.5, 0.6) is 0 Å². The Morgan fingerprint density at radius 2 is 2.04 bits per heavy atom. The maximum Gasteiger partial charge on any atom is 0.273 e. The lowest BCUT2D eigenvalue weighted by Gasteiger charge is -2.03. The number of hydrogen-bond acceptors (Lipinski definition) is 3. The first-order valence-corrected chi connectivity index (χ1v) is 9.06. The lowest BCUT2D eigenvalue weighted by molar-refractivity contribution is 0.0948. The largest absolute Gasteiger partial charge is 0.441 e. The van der Waals surface area contributed by atoms with E-state index in [4.69, 9.17) is 16.0 Å². The summed E-state index contributed by atoms with van der Waals surface area (Å²) in [7, 11) is 0. The van der Waals surface area contributed by atoms with Crippen LogP contribution in [-0.4, -0.2) is 22.4 Å². The molecule has 0 aliphatic heterocycles. The molecule has 2 N–H and O–H groups in total. The zero-order valence-electron chi connectivity index (χ0n) is 14.8. The fourth-order valence-electron chi connectivity index (χ4n) is 3.06. The Hall–Kier alpha value is -3.05. The fourth-order valence-corrected chi connectivity index (χ4v) is 3.24. The van der Waals surface area contributed by atoms with Gasteiger partial charge in [-0.2, -0.15) is 0 Å². The maximum absolute atomic E-state index is 12.5. The molecule has 2 heterocycles. The van der Waals surface area contributed by atoms with Crippen molar-refractivity contribution in [3.8, 4) is 11.5 Å². The van der Waals surface area contributed by atoms with Gasteiger partial charge >= 0.3 is 0 Å². The van der Waals surface area contributed by atoms with E-state index in [1.807, 2.05) is 54.7 Å². The van der Waals surface area contributed by atoms with Gasteiger partial charge in [-0.3, -0.25) is 4.79 Å². The van der Waals surface area contributed by atoms with E-state index >= 15 is 0 Å². The van der Waals surface area contributed by atoms with E-state index in [9.17, 15) is 4.79 Å². The monoisotopic (exact) mass is 379 g/mol. The van der Waals surface area contributed by atoms with Crippen LogP contribution in [0.1, 0.15) is 21.8 Å². The smallest absolute Gasteiger partial charge is 0.273 e. The molecular formula is C21H18ClN3O2. The number of benzene rings is 2. The topological polar surface area (TPSA) is 70.9 Å². The molecule has 0 saturated heterocycles. The van der Waals surface area contributed by atoms with Crippen LogP contribution in [0.25, 0.3) is 22.4 Å². The molecule has 0 aliphatic rings. The summed E-state index contributed by atoms with van der Waals surface area (Å²) in [4.78, 5) is 20.1. The second-order valence-corrected chi connectivity index (χ2v) is 6.74. The number of aryl methyl sites for hydroxylation is 1. The lowest BCUT2D eigenvalue weighted by atomic mass is 10.1. The fraction of sp³-hybridized carbons (Fsp3) is 0.143. The Balaban J connectivity index is 1.44. The third kappa shape index (κ3) is 3.59. The number of hydrogen-bond donors (Lipinski definition) is 2. The Bertz CT molecular complexity index is 1100. The Kier molecular flexibility index (Phi) is 4.69. The first-order chi connectivity index (χ1) is 13.1. The van der Waals surface area contributed by atoms with Crippen molar-refractivity contribution < 1.29 is 9.21 Å². The number of carbonyl (C=O) groups is 1. The molecule has 0 saturated carbocycles. The van der Waals surface area contributed by atoms with Crippen molar-refractivity contribution in [3.63, 3.8) is 0 Å². The number of oxazole rings is 1. The highest BCUT2D eigenvalue weighted by Crippen LogP contribution is 2.23. The Morgan fingerprint density at radius 3 is 2.85 bits per heavy atom. The van der Waals surface area contributed by atoms with E-state index in [0.29, 0.717) is 35.3 Å². The van der Waals surface area contributed by atoms with Gasteiger partial charge < -0.3 is 14.7 Å². The van der Waals surface area contributed by atoms with Gasteiger partial charge in [0.1, 0.15) is 5.76 Å². The van der Waals surface area contributed by atoms with Crippen molar-refractivity contribution in [2.45, 2.75) is 13.3 Å². The van der Waals surface area contributed by atoms with Crippen molar-refractivity contribution >= 4 is 28.4 Å². The molecule has 27 heavy (non-hydrogen) atoms. The van der Waals surface area contributed by atoms with E-state index in [1.54, 1.807) is 6.92 Å². The summed E-state index contributed by atoms with van der Waals surface area (Å²) in [6.45, 7) is 2.24. The number of aromatic nitrogens is 2. The van der Waals surface area contributed by atoms with Crippen molar-refractivity contribution in [3.05, 3.63) is 76.8 Å². The van der Waals surface area contributed by atoms with Crippen LogP contribution in [0.2, 0.25) is 5.02 Å². The molecule has 5 nitrogen and oxygen atoms in total. The van der Waals surface area contributed by atoms with Gasteiger partial charge in [0.05, 0.1) is 0 Å². The average Bonchev–Trinajstić information content (AvgIpc) is 3.26. The van der Waals surface area contributed by atoms with Crippen LogP contribution in [0.15, 0.2) is 59.1 Å². The van der Waals surface area contributed by atoms with Gasteiger partial charge in [0.15, 0.2) is 5.69 Å². The van der Waals surface area contributed by atoms with Crippen LogP contribution in [-0.2, 0) is 6.42 Å². The third-order valence-electron chi connectivity index (χ3n) is 4.44. The first-order valence-electron chi connectivity index (χ1n) is 8.68. The van der Waals surface area contributed by atoms with E-state index < -0.39 is 0 Å². The minimum atomic E-state index is -0.240. The molecule has 0 fully saturated rings. The van der Waals surface area contributed by atoms with Crippen LogP contribution in [0.3, 0.4) is 0 Å².